The van der Waals surface area contributed by atoms with Gasteiger partial charge in [0.05, 0.1) is 12.2 Å². The van der Waals surface area contributed by atoms with E-state index >= 15 is 0 Å². The van der Waals surface area contributed by atoms with E-state index in [0.29, 0.717) is 32.5 Å². The fourth-order valence-electron chi connectivity index (χ4n) is 3.25. The molecule has 2 saturated heterocycles. The minimum Gasteiger partial charge on any atom is -0.341 e. The van der Waals surface area contributed by atoms with Crippen LogP contribution in [0.4, 0.5) is 4.79 Å². The van der Waals surface area contributed by atoms with Gasteiger partial charge in [0.2, 0.25) is 15.9 Å². The zero-order valence-electron chi connectivity index (χ0n) is 15.7. The molecule has 0 bridgehead atoms. The summed E-state index contributed by atoms with van der Waals surface area (Å²) in [5.41, 5.74) is 0. The molecule has 0 aliphatic carbocycles. The predicted molar refractivity (Wildman–Crippen MR) is 95.8 cm³/mol. The van der Waals surface area contributed by atoms with Crippen molar-refractivity contribution in [3.63, 3.8) is 0 Å². The van der Waals surface area contributed by atoms with Gasteiger partial charge in [0, 0.05) is 40.3 Å². The fraction of sp³-hybridized carbons (Fsp3) is 0.812. The molecule has 0 aromatic heterocycles. The van der Waals surface area contributed by atoms with Gasteiger partial charge in [0.1, 0.15) is 6.04 Å². The standard InChI is InChI=1S/C16H28N4O5S/c1-4-5-11-26(24,25)20-8-6-7-19(9-10-20)14(21)12-13-15(22)18(3)16(23)17(13)2/h13H,4-12H2,1-3H3. The maximum absolute atomic E-state index is 12.6. The monoisotopic (exact) mass is 388 g/mol. The van der Waals surface area contributed by atoms with Crippen LogP contribution in [0.15, 0.2) is 0 Å². The Morgan fingerprint density at radius 3 is 2.38 bits per heavy atom. The number of nitrogens with zero attached hydrogens (tertiary/aromatic N) is 4. The van der Waals surface area contributed by atoms with Gasteiger partial charge in [-0.15, -0.1) is 0 Å². The molecule has 2 rings (SSSR count). The van der Waals surface area contributed by atoms with Crippen LogP contribution in [0.3, 0.4) is 0 Å². The molecule has 9 nitrogen and oxygen atoms in total. The first-order valence-corrected chi connectivity index (χ1v) is 10.6. The topological polar surface area (TPSA) is 98.3 Å². The lowest BCUT2D eigenvalue weighted by molar-refractivity contribution is -0.136. The molecule has 2 aliphatic rings. The summed E-state index contributed by atoms with van der Waals surface area (Å²) in [4.78, 5) is 40.4. The number of sulfonamides is 1. The summed E-state index contributed by atoms with van der Waals surface area (Å²) < 4.78 is 26.1. The molecule has 2 heterocycles. The van der Waals surface area contributed by atoms with E-state index in [1.54, 1.807) is 4.90 Å². The zero-order chi connectivity index (χ0) is 19.5. The number of imide groups is 1. The Kier molecular flexibility index (Phi) is 6.62. The third-order valence-corrected chi connectivity index (χ3v) is 6.95. The fourth-order valence-corrected chi connectivity index (χ4v) is 4.93. The Morgan fingerprint density at radius 1 is 1.12 bits per heavy atom. The Balaban J connectivity index is 1.95. The van der Waals surface area contributed by atoms with Crippen LogP contribution in [0.25, 0.3) is 0 Å². The van der Waals surface area contributed by atoms with Crippen molar-refractivity contribution in [2.75, 3.05) is 46.0 Å². The number of amides is 4. The van der Waals surface area contributed by atoms with Gasteiger partial charge < -0.3 is 9.80 Å². The lowest BCUT2D eigenvalue weighted by atomic mass is 10.1. The molecule has 0 N–H and O–H groups in total. The van der Waals surface area contributed by atoms with E-state index in [2.05, 4.69) is 0 Å². The van der Waals surface area contributed by atoms with Gasteiger partial charge in [0.15, 0.2) is 0 Å². The summed E-state index contributed by atoms with van der Waals surface area (Å²) in [6.45, 7) is 3.37. The Bertz CT molecular complexity index is 666. The van der Waals surface area contributed by atoms with Crippen molar-refractivity contribution >= 4 is 27.9 Å². The van der Waals surface area contributed by atoms with Gasteiger partial charge in [-0.3, -0.25) is 14.5 Å². The number of rotatable bonds is 6. The average Bonchev–Trinajstić information content (AvgIpc) is 2.83. The highest BCUT2D eigenvalue weighted by Gasteiger charge is 2.42. The van der Waals surface area contributed by atoms with Crippen molar-refractivity contribution in [3.05, 3.63) is 0 Å². The van der Waals surface area contributed by atoms with Gasteiger partial charge in [-0.1, -0.05) is 13.3 Å². The van der Waals surface area contributed by atoms with E-state index in [1.165, 1.54) is 23.3 Å². The van der Waals surface area contributed by atoms with Crippen molar-refractivity contribution in [1.29, 1.82) is 0 Å². The number of hydrogen-bond donors (Lipinski definition) is 0. The van der Waals surface area contributed by atoms with Crippen LogP contribution in [0.2, 0.25) is 0 Å². The first-order valence-electron chi connectivity index (χ1n) is 8.99. The minimum absolute atomic E-state index is 0.0754. The highest BCUT2D eigenvalue weighted by Crippen LogP contribution is 2.19. The van der Waals surface area contributed by atoms with Crippen molar-refractivity contribution in [2.45, 2.75) is 38.6 Å². The highest BCUT2D eigenvalue weighted by atomic mass is 32.2. The van der Waals surface area contributed by atoms with E-state index in [0.717, 1.165) is 11.3 Å². The summed E-state index contributed by atoms with van der Waals surface area (Å²) in [5, 5.41) is 0. The first-order chi connectivity index (χ1) is 12.2. The van der Waals surface area contributed by atoms with Crippen LogP contribution in [-0.2, 0) is 19.6 Å². The molecule has 148 valence electrons. The summed E-state index contributed by atoms with van der Waals surface area (Å²) >= 11 is 0. The van der Waals surface area contributed by atoms with E-state index in [1.807, 2.05) is 6.92 Å². The Morgan fingerprint density at radius 2 is 1.81 bits per heavy atom. The molecule has 10 heteroatoms. The van der Waals surface area contributed by atoms with Gasteiger partial charge >= 0.3 is 6.03 Å². The van der Waals surface area contributed by atoms with Crippen LogP contribution in [-0.4, -0.2) is 97.3 Å². The first kappa shape index (κ1) is 20.6. The maximum Gasteiger partial charge on any atom is 0.326 e. The molecule has 0 saturated carbocycles. The van der Waals surface area contributed by atoms with Gasteiger partial charge in [-0.05, 0) is 12.8 Å². The SMILES string of the molecule is CCCCS(=O)(=O)N1CCCN(C(=O)CC2C(=O)N(C)C(=O)N2C)CC1. The van der Waals surface area contributed by atoms with Crippen molar-refractivity contribution in [2.24, 2.45) is 0 Å². The molecule has 1 unspecified atom stereocenters. The zero-order valence-corrected chi connectivity index (χ0v) is 16.5. The average molecular weight is 388 g/mol. The molecular formula is C16H28N4O5S. The third kappa shape index (κ3) is 4.35. The second-order valence-corrected chi connectivity index (χ2v) is 8.90. The Labute approximate surface area is 154 Å². The van der Waals surface area contributed by atoms with Crippen LogP contribution in [0.5, 0.6) is 0 Å². The van der Waals surface area contributed by atoms with E-state index in [-0.39, 0.29) is 30.5 Å². The maximum atomic E-state index is 12.6. The number of carbonyl (C=O) groups excluding carboxylic acids is 3. The summed E-state index contributed by atoms with van der Waals surface area (Å²) in [7, 11) is -0.385. The molecule has 0 radical (unpaired) electrons. The summed E-state index contributed by atoms with van der Waals surface area (Å²) in [5.74, 6) is -0.483. The molecular weight excluding hydrogens is 360 g/mol. The lowest BCUT2D eigenvalue weighted by Crippen LogP contribution is -2.41. The normalized spacial score (nSPS) is 22.9. The number of carbonyl (C=O) groups is 3. The lowest BCUT2D eigenvalue weighted by Gasteiger charge is -2.24. The Hall–Kier alpha value is -1.68. The number of urea groups is 1. The summed E-state index contributed by atoms with van der Waals surface area (Å²) in [6, 6.07) is -1.20. The smallest absolute Gasteiger partial charge is 0.326 e. The van der Waals surface area contributed by atoms with E-state index in [4.69, 9.17) is 0 Å². The van der Waals surface area contributed by atoms with Crippen molar-refractivity contribution < 1.29 is 22.8 Å². The van der Waals surface area contributed by atoms with E-state index < -0.39 is 22.1 Å². The molecule has 0 aromatic carbocycles. The minimum atomic E-state index is -3.29. The molecule has 2 fully saturated rings. The van der Waals surface area contributed by atoms with Gasteiger partial charge in [-0.25, -0.2) is 17.5 Å². The predicted octanol–water partition coefficient (Wildman–Crippen LogP) is -0.0669. The van der Waals surface area contributed by atoms with Crippen LogP contribution in [0, 0.1) is 0 Å². The van der Waals surface area contributed by atoms with E-state index in [9.17, 15) is 22.8 Å². The van der Waals surface area contributed by atoms with Crippen LogP contribution < -0.4 is 0 Å². The van der Waals surface area contributed by atoms with Gasteiger partial charge in [-0.2, -0.15) is 0 Å². The molecule has 1 atom stereocenters. The largest absolute Gasteiger partial charge is 0.341 e. The summed E-state index contributed by atoms with van der Waals surface area (Å²) in [6.07, 6.45) is 1.92. The number of likely N-dealkylation sites (N-methyl/N-ethyl adjacent to an activating group) is 2. The second-order valence-electron chi connectivity index (χ2n) is 6.81. The molecule has 2 aliphatic heterocycles. The quantitative estimate of drug-likeness (QED) is 0.594. The molecule has 0 aromatic rings. The third-order valence-electron chi connectivity index (χ3n) is 5.00. The van der Waals surface area contributed by atoms with Gasteiger partial charge in [0.25, 0.3) is 5.91 Å². The molecule has 0 spiro atoms. The molecule has 4 amide bonds. The number of unbranched alkanes of at least 4 members (excludes halogenated alkanes) is 1. The second kappa shape index (κ2) is 8.34. The van der Waals surface area contributed by atoms with Crippen LogP contribution >= 0.6 is 0 Å². The van der Waals surface area contributed by atoms with Crippen LogP contribution in [0.1, 0.15) is 32.6 Å². The number of hydrogen-bond acceptors (Lipinski definition) is 5. The van der Waals surface area contributed by atoms with Crippen molar-refractivity contribution in [3.8, 4) is 0 Å². The highest BCUT2D eigenvalue weighted by molar-refractivity contribution is 7.89. The molecule has 26 heavy (non-hydrogen) atoms. The van der Waals surface area contributed by atoms with Crippen molar-refractivity contribution in [1.82, 2.24) is 19.0 Å².